The van der Waals surface area contributed by atoms with E-state index in [0.29, 0.717) is 43.2 Å². The Bertz CT molecular complexity index is 1100. The van der Waals surface area contributed by atoms with Crippen LogP contribution in [0.1, 0.15) is 52.6 Å². The zero-order valence-corrected chi connectivity index (χ0v) is 17.0. The molecule has 0 bridgehead atoms. The first-order chi connectivity index (χ1) is 15.6. The molecule has 6 nitrogen and oxygen atoms in total. The van der Waals surface area contributed by atoms with Gasteiger partial charge in [-0.05, 0) is 48.9 Å². The van der Waals surface area contributed by atoms with Gasteiger partial charge >= 0.3 is 5.97 Å². The maximum Gasteiger partial charge on any atom is 0.313 e. The number of aliphatic carboxylic acids is 1. The molecule has 2 aromatic rings. The summed E-state index contributed by atoms with van der Waals surface area (Å²) in [6, 6.07) is 8.61. The van der Waals surface area contributed by atoms with Gasteiger partial charge in [-0.3, -0.25) is 9.59 Å². The van der Waals surface area contributed by atoms with Gasteiger partial charge in [0.2, 0.25) is 5.75 Å². The van der Waals surface area contributed by atoms with Gasteiger partial charge in [0.25, 0.3) is 0 Å². The van der Waals surface area contributed by atoms with E-state index in [2.05, 4.69) is 0 Å². The van der Waals surface area contributed by atoms with E-state index < -0.39 is 24.5 Å². The van der Waals surface area contributed by atoms with Crippen molar-refractivity contribution >= 4 is 11.8 Å². The molecule has 0 aliphatic heterocycles. The van der Waals surface area contributed by atoms with Crippen molar-refractivity contribution in [2.45, 2.75) is 45.1 Å². The number of ether oxygens (including phenoxy) is 3. The van der Waals surface area contributed by atoms with Crippen LogP contribution in [0.25, 0.3) is 11.1 Å². The minimum absolute atomic E-state index is 0.0325. The highest BCUT2D eigenvalue weighted by atomic mass is 16.5. The fourth-order valence-corrected chi connectivity index (χ4v) is 4.43. The molecule has 30 heavy (non-hydrogen) atoms. The third-order valence-corrected chi connectivity index (χ3v) is 6.22. The molecule has 4 rings (SSSR count). The molecule has 0 saturated heterocycles. The molecule has 0 radical (unpaired) electrons. The molecule has 1 fully saturated rings. The Labute approximate surface area is 180 Å². The predicted octanol–water partition coefficient (Wildman–Crippen LogP) is 4.52. The number of carbonyl (C=O) groups is 2. The van der Waals surface area contributed by atoms with Gasteiger partial charge in [0.15, 0.2) is 17.3 Å². The second kappa shape index (κ2) is 7.67. The van der Waals surface area contributed by atoms with Gasteiger partial charge in [-0.2, -0.15) is 0 Å². The van der Waals surface area contributed by atoms with Crippen LogP contribution in [-0.4, -0.2) is 37.1 Å². The average molecular weight is 413 g/mol. The lowest BCUT2D eigenvalue weighted by Gasteiger charge is -2.27. The summed E-state index contributed by atoms with van der Waals surface area (Å²) in [6.07, 6.45) is 1.78. The molecule has 1 unspecified atom stereocenters. The number of fused-ring (bicyclic) bond motifs is 1. The van der Waals surface area contributed by atoms with Crippen LogP contribution in [0.15, 0.2) is 30.3 Å². The van der Waals surface area contributed by atoms with Crippen molar-refractivity contribution in [3.8, 4) is 28.4 Å². The molecule has 2 aliphatic carbocycles. The van der Waals surface area contributed by atoms with Crippen LogP contribution in [0.5, 0.6) is 17.2 Å². The molecule has 0 spiro atoms. The van der Waals surface area contributed by atoms with Gasteiger partial charge < -0.3 is 19.3 Å². The Morgan fingerprint density at radius 1 is 1.13 bits per heavy atom. The number of hydrogen-bond acceptors (Lipinski definition) is 5. The van der Waals surface area contributed by atoms with Crippen molar-refractivity contribution < 1.29 is 33.0 Å². The van der Waals surface area contributed by atoms with E-state index in [0.717, 1.165) is 11.1 Å². The normalized spacial score (nSPS) is 19.1. The van der Waals surface area contributed by atoms with Crippen LogP contribution in [0.4, 0.5) is 0 Å². The molecular weight excluding hydrogens is 384 g/mol. The van der Waals surface area contributed by atoms with E-state index in [9.17, 15) is 14.7 Å². The van der Waals surface area contributed by atoms with Crippen molar-refractivity contribution in [2.75, 3.05) is 14.1 Å². The lowest BCUT2D eigenvalue weighted by Crippen LogP contribution is -2.34. The molecule has 0 aromatic heterocycles. The van der Waals surface area contributed by atoms with Gasteiger partial charge in [0, 0.05) is 17.5 Å². The summed E-state index contributed by atoms with van der Waals surface area (Å²) in [6.45, 7) is 1.85. The van der Waals surface area contributed by atoms with Crippen molar-refractivity contribution in [2.24, 2.45) is 5.41 Å². The summed E-state index contributed by atoms with van der Waals surface area (Å²) < 4.78 is 39.5. The Hall–Kier alpha value is -3.02. The molecule has 1 N–H and O–H groups in total. The lowest BCUT2D eigenvalue weighted by molar-refractivity contribution is -0.147. The highest BCUT2D eigenvalue weighted by Gasteiger charge is 2.57. The molecule has 1 atom stereocenters. The fraction of sp³-hybridized carbons (Fsp3) is 0.417. The summed E-state index contributed by atoms with van der Waals surface area (Å²) in [7, 11) is -1.34. The van der Waals surface area contributed by atoms with Gasteiger partial charge in [-0.25, -0.2) is 0 Å². The van der Waals surface area contributed by atoms with E-state index >= 15 is 0 Å². The van der Waals surface area contributed by atoms with Crippen molar-refractivity contribution in [1.82, 2.24) is 0 Å². The topological polar surface area (TPSA) is 82.1 Å². The van der Waals surface area contributed by atoms with Crippen LogP contribution in [0, 0.1) is 5.41 Å². The number of rotatable bonds is 8. The number of carboxylic acids is 1. The average Bonchev–Trinajstić information content (AvgIpc) is 3.48. The first-order valence-corrected chi connectivity index (χ1v) is 10.1. The summed E-state index contributed by atoms with van der Waals surface area (Å²) >= 11 is 0. The molecule has 2 aliphatic rings. The Morgan fingerprint density at radius 2 is 1.90 bits per heavy atom. The molecule has 1 saturated carbocycles. The summed E-state index contributed by atoms with van der Waals surface area (Å²) in [5, 5.41) is 9.81. The van der Waals surface area contributed by atoms with Gasteiger partial charge in [-0.15, -0.1) is 0 Å². The van der Waals surface area contributed by atoms with Crippen LogP contribution in [0.2, 0.25) is 0 Å². The van der Waals surface area contributed by atoms with E-state index in [1.165, 1.54) is 13.2 Å². The first-order valence-electron chi connectivity index (χ1n) is 11.6. The number of ketones is 1. The van der Waals surface area contributed by atoms with Gasteiger partial charge in [0.05, 0.1) is 18.3 Å². The molecule has 158 valence electrons. The Morgan fingerprint density at radius 3 is 2.53 bits per heavy atom. The van der Waals surface area contributed by atoms with Crippen LogP contribution >= 0.6 is 0 Å². The van der Waals surface area contributed by atoms with Crippen molar-refractivity contribution in [1.29, 1.82) is 0 Å². The predicted molar refractivity (Wildman–Crippen MR) is 112 cm³/mol. The van der Waals surface area contributed by atoms with E-state index in [1.54, 1.807) is 18.2 Å². The summed E-state index contributed by atoms with van der Waals surface area (Å²) in [4.78, 5) is 24.3. The maximum atomic E-state index is 12.3. The van der Waals surface area contributed by atoms with Crippen LogP contribution in [0.3, 0.4) is 0 Å². The monoisotopic (exact) mass is 413 g/mol. The van der Waals surface area contributed by atoms with Crippen LogP contribution < -0.4 is 14.2 Å². The minimum atomic E-state index is -2.71. The zero-order chi connectivity index (χ0) is 24.0. The number of hydrogen-bond donors (Lipinski definition) is 1. The SMILES string of the molecule is [2H]C([2H])([2H])Oc1ccc(-c2cccc3c2CCC3=O)c(OC(CC)C2(C(=O)O)CC2)c1OC. The number of carboxylic acid groups (broad SMARTS) is 1. The zero-order valence-electron chi connectivity index (χ0n) is 20.0. The Kier molecular flexibility index (Phi) is 4.28. The molecule has 0 heterocycles. The van der Waals surface area contributed by atoms with Crippen molar-refractivity contribution in [3.63, 3.8) is 0 Å². The summed E-state index contributed by atoms with van der Waals surface area (Å²) in [5.41, 5.74) is 1.90. The first kappa shape index (κ1) is 16.7. The third kappa shape index (κ3) is 3.11. The standard InChI is InChI=1S/C24H26O6/c1-4-20(24(12-13-24)23(26)27)30-21-17(9-11-19(28-2)22(21)29-3)14-6-5-7-16-15(14)8-10-18(16)25/h5-7,9,11,20H,4,8,10,12-13H2,1-3H3,(H,26,27)/i2D3. The summed E-state index contributed by atoms with van der Waals surface area (Å²) in [5.74, 6) is -0.597. The van der Waals surface area contributed by atoms with Crippen molar-refractivity contribution in [3.05, 3.63) is 41.5 Å². The van der Waals surface area contributed by atoms with Gasteiger partial charge in [0.1, 0.15) is 11.5 Å². The third-order valence-electron chi connectivity index (χ3n) is 6.22. The largest absolute Gasteiger partial charge is 0.493 e. The molecule has 6 heteroatoms. The second-order valence-corrected chi connectivity index (χ2v) is 7.81. The second-order valence-electron chi connectivity index (χ2n) is 7.81. The van der Waals surface area contributed by atoms with Crippen LogP contribution in [-0.2, 0) is 11.2 Å². The fourth-order valence-electron chi connectivity index (χ4n) is 4.43. The number of benzene rings is 2. The molecular formula is C24H26O6. The van der Waals surface area contributed by atoms with E-state index in [4.69, 9.17) is 18.3 Å². The Balaban J connectivity index is 1.89. The maximum absolute atomic E-state index is 12.3. The number of Topliss-reactive ketones (excluding diaryl/α,β-unsaturated/α-hetero) is 1. The molecule has 2 aromatic carbocycles. The number of carbonyl (C=O) groups excluding carboxylic acids is 1. The smallest absolute Gasteiger partial charge is 0.313 e. The number of methoxy groups -OCH3 is 2. The lowest BCUT2D eigenvalue weighted by atomic mass is 9.94. The highest BCUT2D eigenvalue weighted by Crippen LogP contribution is 2.54. The van der Waals surface area contributed by atoms with Gasteiger partial charge in [-0.1, -0.05) is 25.1 Å². The quantitative estimate of drug-likeness (QED) is 0.685. The van der Waals surface area contributed by atoms with E-state index in [-0.39, 0.29) is 23.0 Å². The van der Waals surface area contributed by atoms with E-state index in [1.807, 2.05) is 13.0 Å². The highest BCUT2D eigenvalue weighted by molar-refractivity contribution is 6.02. The minimum Gasteiger partial charge on any atom is -0.493 e. The molecule has 0 amide bonds.